The Balaban J connectivity index is 1.16. The summed E-state index contributed by atoms with van der Waals surface area (Å²) in [4.78, 5) is 10.3. The van der Waals surface area contributed by atoms with Crippen molar-refractivity contribution in [3.8, 4) is 22.5 Å². The zero-order valence-corrected chi connectivity index (χ0v) is 25.4. The van der Waals surface area contributed by atoms with Crippen molar-refractivity contribution in [2.45, 2.75) is 43.9 Å². The highest BCUT2D eigenvalue weighted by molar-refractivity contribution is 7.26. The second-order valence-corrected chi connectivity index (χ2v) is 13.5. The molecule has 9 rings (SSSR count). The highest BCUT2D eigenvalue weighted by atomic mass is 32.1. The van der Waals surface area contributed by atoms with E-state index in [1.54, 1.807) is 16.9 Å². The van der Waals surface area contributed by atoms with Gasteiger partial charge >= 0.3 is 0 Å². The number of fused-ring (bicyclic) bond motifs is 8. The van der Waals surface area contributed by atoms with Crippen LogP contribution in [0.4, 0.5) is 0 Å². The Morgan fingerprint density at radius 2 is 1.45 bits per heavy atom. The molecule has 1 fully saturated rings. The first-order valence-corrected chi connectivity index (χ1v) is 16.7. The number of nitrogens with zero attached hydrogens (tertiary/aromatic N) is 2. The van der Waals surface area contributed by atoms with Gasteiger partial charge in [0.1, 0.15) is 0 Å². The van der Waals surface area contributed by atoms with Crippen molar-refractivity contribution < 1.29 is 0 Å². The molecule has 3 heteroatoms. The monoisotopic (exact) mass is 584 g/mol. The smallest absolute Gasteiger partial charge is 0.160 e. The van der Waals surface area contributed by atoms with Gasteiger partial charge in [-0.05, 0) is 70.4 Å². The maximum atomic E-state index is 5.22. The van der Waals surface area contributed by atoms with Crippen LogP contribution in [0.1, 0.15) is 60.9 Å². The normalized spacial score (nSPS) is 16.9. The number of benzene rings is 4. The fourth-order valence-corrected chi connectivity index (χ4v) is 9.02. The van der Waals surface area contributed by atoms with Crippen molar-refractivity contribution in [3.05, 3.63) is 144 Å². The average molecular weight is 585 g/mol. The molecule has 1 spiro atoms. The fourth-order valence-electron chi connectivity index (χ4n) is 7.86. The largest absolute Gasteiger partial charge is 0.227 e. The molecule has 4 aromatic carbocycles. The molecule has 0 bridgehead atoms. The zero-order valence-electron chi connectivity index (χ0n) is 24.6. The molecule has 0 aliphatic heterocycles. The van der Waals surface area contributed by atoms with Crippen LogP contribution in [0.5, 0.6) is 0 Å². The molecular weight excluding hydrogens is 553 g/mol. The maximum absolute atomic E-state index is 5.22. The van der Waals surface area contributed by atoms with Gasteiger partial charge in [0.05, 0.1) is 15.9 Å². The first kappa shape index (κ1) is 25.9. The number of hydrogen-bond acceptors (Lipinski definition) is 3. The lowest BCUT2D eigenvalue weighted by molar-refractivity contribution is 0.353. The predicted octanol–water partition coefficient (Wildman–Crippen LogP) is 11.2. The number of allylic oxidation sites excluding steroid dienone is 6. The van der Waals surface area contributed by atoms with Gasteiger partial charge in [0.15, 0.2) is 5.82 Å². The highest BCUT2D eigenvalue weighted by Crippen LogP contribution is 2.56. The maximum Gasteiger partial charge on any atom is 0.160 e. The Kier molecular flexibility index (Phi) is 6.02. The second kappa shape index (κ2) is 10.2. The summed E-state index contributed by atoms with van der Waals surface area (Å²) in [7, 11) is 0. The number of hydrogen-bond donors (Lipinski definition) is 0. The van der Waals surface area contributed by atoms with Gasteiger partial charge in [0, 0.05) is 21.1 Å². The first-order chi connectivity index (χ1) is 21.8. The summed E-state index contributed by atoms with van der Waals surface area (Å²) >= 11 is 1.80. The molecule has 0 atom stereocenters. The van der Waals surface area contributed by atoms with Crippen LogP contribution in [0.25, 0.3) is 54.0 Å². The van der Waals surface area contributed by atoms with Gasteiger partial charge in [-0.2, -0.15) is 0 Å². The van der Waals surface area contributed by atoms with Gasteiger partial charge < -0.3 is 0 Å². The summed E-state index contributed by atoms with van der Waals surface area (Å²) in [5, 5.41) is 1.20. The van der Waals surface area contributed by atoms with E-state index in [2.05, 4.69) is 115 Å². The molecule has 212 valence electrons. The summed E-state index contributed by atoms with van der Waals surface area (Å²) < 4.78 is 2.41. The summed E-state index contributed by atoms with van der Waals surface area (Å²) in [5.41, 5.74) is 13.0. The van der Waals surface area contributed by atoms with Crippen LogP contribution in [0, 0.1) is 0 Å². The molecule has 0 amide bonds. The van der Waals surface area contributed by atoms with E-state index < -0.39 is 0 Å². The van der Waals surface area contributed by atoms with E-state index >= 15 is 0 Å². The number of thiophene rings is 1. The van der Waals surface area contributed by atoms with Gasteiger partial charge in [0.25, 0.3) is 0 Å². The van der Waals surface area contributed by atoms with Crippen molar-refractivity contribution in [3.63, 3.8) is 0 Å². The average Bonchev–Trinajstić information content (AvgIpc) is 3.45. The van der Waals surface area contributed by atoms with Crippen LogP contribution in [0.3, 0.4) is 0 Å². The van der Waals surface area contributed by atoms with Gasteiger partial charge in [0.2, 0.25) is 0 Å². The van der Waals surface area contributed by atoms with Crippen molar-refractivity contribution in [2.75, 3.05) is 0 Å². The molecule has 2 nitrogen and oxygen atoms in total. The van der Waals surface area contributed by atoms with Crippen LogP contribution in [-0.2, 0) is 5.41 Å². The van der Waals surface area contributed by atoms with Crippen molar-refractivity contribution in [1.82, 2.24) is 9.97 Å². The lowest BCUT2D eigenvalue weighted by Gasteiger charge is -2.36. The van der Waals surface area contributed by atoms with Crippen LogP contribution in [0.2, 0.25) is 0 Å². The van der Waals surface area contributed by atoms with Gasteiger partial charge in [-0.25, -0.2) is 9.97 Å². The third-order valence-electron chi connectivity index (χ3n) is 9.96. The summed E-state index contributed by atoms with van der Waals surface area (Å²) in [6.07, 6.45) is 16.5. The number of rotatable bonds is 3. The third kappa shape index (κ3) is 3.99. The molecule has 44 heavy (non-hydrogen) atoms. The van der Waals surface area contributed by atoms with E-state index in [-0.39, 0.29) is 5.41 Å². The predicted molar refractivity (Wildman–Crippen MR) is 186 cm³/mol. The SMILES string of the molecule is C1=CC(c2ccc3c(c2)-c2ccccc2C32CCCCC2)=CC=C(c2nc(-c3ccccc3)nc3c2sc2ccccc23)C1. The summed E-state index contributed by atoms with van der Waals surface area (Å²) in [6, 6.07) is 35.4. The highest BCUT2D eigenvalue weighted by Gasteiger charge is 2.43. The Bertz CT molecular complexity index is 2170. The minimum Gasteiger partial charge on any atom is -0.227 e. The molecule has 0 saturated heterocycles. The molecule has 0 N–H and O–H groups in total. The third-order valence-corrected chi connectivity index (χ3v) is 11.1. The molecule has 3 aliphatic rings. The Morgan fingerprint density at radius 3 is 2.36 bits per heavy atom. The van der Waals surface area contributed by atoms with Crippen LogP contribution in [0.15, 0.2) is 121 Å². The summed E-state index contributed by atoms with van der Waals surface area (Å²) in [5.74, 6) is 0.781. The first-order valence-electron chi connectivity index (χ1n) is 15.9. The van der Waals surface area contributed by atoms with Crippen LogP contribution < -0.4 is 0 Å². The van der Waals surface area contributed by atoms with Crippen molar-refractivity contribution in [1.29, 1.82) is 0 Å². The van der Waals surface area contributed by atoms with E-state index in [0.29, 0.717) is 0 Å². The Hall–Kier alpha value is -4.60. The molecule has 0 radical (unpaired) electrons. The van der Waals surface area contributed by atoms with E-state index in [4.69, 9.17) is 9.97 Å². The lowest BCUT2D eigenvalue weighted by atomic mass is 9.68. The van der Waals surface area contributed by atoms with E-state index in [1.807, 2.05) is 6.07 Å². The van der Waals surface area contributed by atoms with Crippen molar-refractivity contribution in [2.24, 2.45) is 0 Å². The molecule has 0 unspecified atom stereocenters. The van der Waals surface area contributed by atoms with E-state index in [0.717, 1.165) is 33.7 Å². The molecule has 3 aliphatic carbocycles. The van der Waals surface area contributed by atoms with E-state index in [1.165, 1.54) is 75.6 Å². The fraction of sp³-hybridized carbons (Fsp3) is 0.171. The van der Waals surface area contributed by atoms with Gasteiger partial charge in [-0.1, -0.05) is 128 Å². The Labute approximate surface area is 262 Å². The van der Waals surface area contributed by atoms with Crippen molar-refractivity contribution >= 4 is 42.8 Å². The van der Waals surface area contributed by atoms with Gasteiger partial charge in [-0.15, -0.1) is 11.3 Å². The topological polar surface area (TPSA) is 25.8 Å². The quantitative estimate of drug-likeness (QED) is 0.207. The number of aromatic nitrogens is 2. The minimum absolute atomic E-state index is 0.197. The second-order valence-electron chi connectivity index (χ2n) is 12.4. The lowest BCUT2D eigenvalue weighted by Crippen LogP contribution is -2.27. The van der Waals surface area contributed by atoms with Crippen LogP contribution >= 0.6 is 11.3 Å². The van der Waals surface area contributed by atoms with E-state index in [9.17, 15) is 0 Å². The Morgan fingerprint density at radius 1 is 0.659 bits per heavy atom. The zero-order chi connectivity index (χ0) is 29.1. The molecular formula is C41H32N2S. The minimum atomic E-state index is 0.197. The summed E-state index contributed by atoms with van der Waals surface area (Å²) in [6.45, 7) is 0. The molecule has 6 aromatic rings. The molecule has 2 aromatic heterocycles. The molecule has 2 heterocycles. The van der Waals surface area contributed by atoms with Gasteiger partial charge in [-0.3, -0.25) is 0 Å². The van der Waals surface area contributed by atoms with Crippen LogP contribution in [-0.4, -0.2) is 9.97 Å². The standard InChI is InChI=1S/C41H32N2S/c1-3-12-29(13-4-1)40-42-37(39-38(43-40)32-17-6-8-19-36(32)44-39)28-15-11-14-27(20-21-28)30-22-23-35-33(26-30)31-16-5-7-18-34(31)41(35)24-9-2-10-25-41/h1,3-8,11-14,16-23,26H,2,9-10,15,24-25H2. The molecule has 1 saturated carbocycles.